The van der Waals surface area contributed by atoms with Crippen molar-refractivity contribution in [2.45, 2.75) is 20.3 Å². The largest absolute Gasteiger partial charge is 0.396 e. The van der Waals surface area contributed by atoms with Crippen LogP contribution in [-0.4, -0.2) is 24.8 Å². The molecule has 92 valence electrons. The van der Waals surface area contributed by atoms with E-state index in [0.717, 1.165) is 19.5 Å². The Hall–Kier alpha value is 0.1000. The molecule has 0 aliphatic heterocycles. The van der Waals surface area contributed by atoms with Crippen molar-refractivity contribution in [2.75, 3.05) is 19.7 Å². The summed E-state index contributed by atoms with van der Waals surface area (Å²) in [5, 5.41) is 12.6. The highest BCUT2D eigenvalue weighted by atomic mass is 79.9. The highest BCUT2D eigenvalue weighted by Gasteiger charge is 2.10. The smallest absolute Gasteiger partial charge is 0.0701 e. The molecular formula is C12H20BrNOS. The third-order valence-electron chi connectivity index (χ3n) is 2.76. The maximum Gasteiger partial charge on any atom is 0.0701 e. The van der Waals surface area contributed by atoms with Crippen LogP contribution in [0.2, 0.25) is 0 Å². The molecule has 2 N–H and O–H groups in total. The van der Waals surface area contributed by atoms with Crippen LogP contribution < -0.4 is 5.32 Å². The van der Waals surface area contributed by atoms with E-state index in [9.17, 15) is 5.11 Å². The second kappa shape index (κ2) is 7.43. The molecule has 4 heteroatoms. The molecule has 16 heavy (non-hydrogen) atoms. The molecule has 1 rings (SSSR count). The fourth-order valence-electron chi connectivity index (χ4n) is 1.50. The predicted octanol–water partition coefficient (Wildman–Crippen LogP) is 2.91. The van der Waals surface area contributed by atoms with Crippen molar-refractivity contribution in [1.29, 1.82) is 0 Å². The van der Waals surface area contributed by atoms with Crippen LogP contribution >= 0.6 is 27.3 Å². The molecule has 0 aromatic carbocycles. The molecule has 1 aromatic heterocycles. The minimum atomic E-state index is 0.273. The zero-order valence-electron chi connectivity index (χ0n) is 9.87. The van der Waals surface area contributed by atoms with Gasteiger partial charge < -0.3 is 10.4 Å². The number of halogens is 1. The summed E-state index contributed by atoms with van der Waals surface area (Å²) in [7, 11) is 0. The Morgan fingerprint density at radius 1 is 1.44 bits per heavy atom. The Morgan fingerprint density at radius 3 is 2.69 bits per heavy atom. The average Bonchev–Trinajstić information content (AvgIpc) is 2.64. The van der Waals surface area contributed by atoms with Gasteiger partial charge in [0.25, 0.3) is 0 Å². The van der Waals surface area contributed by atoms with E-state index in [4.69, 9.17) is 0 Å². The summed E-state index contributed by atoms with van der Waals surface area (Å²) in [4.78, 5) is 1.39. The normalized spacial score (nSPS) is 13.3. The first kappa shape index (κ1) is 14.2. The van der Waals surface area contributed by atoms with Crippen molar-refractivity contribution < 1.29 is 5.11 Å². The number of aliphatic hydroxyl groups excluding tert-OH is 1. The number of rotatable bonds is 7. The molecule has 0 bridgehead atoms. The topological polar surface area (TPSA) is 32.3 Å². The lowest BCUT2D eigenvalue weighted by Gasteiger charge is -2.18. The molecule has 2 nitrogen and oxygen atoms in total. The van der Waals surface area contributed by atoms with Crippen LogP contribution in [0.5, 0.6) is 0 Å². The Bertz CT molecular complexity index is 301. The lowest BCUT2D eigenvalue weighted by atomic mass is 9.97. The van der Waals surface area contributed by atoms with E-state index in [1.54, 1.807) is 11.3 Å². The lowest BCUT2D eigenvalue weighted by Crippen LogP contribution is -2.29. The van der Waals surface area contributed by atoms with Gasteiger partial charge in [-0.25, -0.2) is 0 Å². The molecule has 1 aromatic rings. The standard InChI is InChI=1S/C12H20BrNOS/c1-9(2)10(8-15)7-14-6-5-11-3-4-12(13)16-11/h3-4,9-10,14-15H,5-8H2,1-2H3. The van der Waals surface area contributed by atoms with Crippen molar-refractivity contribution in [1.82, 2.24) is 5.32 Å². The van der Waals surface area contributed by atoms with Gasteiger partial charge in [0, 0.05) is 18.0 Å². The zero-order chi connectivity index (χ0) is 12.0. The van der Waals surface area contributed by atoms with Gasteiger partial charge >= 0.3 is 0 Å². The fourth-order valence-corrected chi connectivity index (χ4v) is 2.98. The van der Waals surface area contributed by atoms with Gasteiger partial charge in [-0.1, -0.05) is 13.8 Å². The van der Waals surface area contributed by atoms with Crippen molar-refractivity contribution in [3.63, 3.8) is 0 Å². The van der Waals surface area contributed by atoms with Crippen LogP contribution in [-0.2, 0) is 6.42 Å². The van der Waals surface area contributed by atoms with Crippen molar-refractivity contribution in [3.8, 4) is 0 Å². The Morgan fingerprint density at radius 2 is 2.19 bits per heavy atom. The third kappa shape index (κ3) is 4.95. The van der Waals surface area contributed by atoms with Crippen LogP contribution in [0.3, 0.4) is 0 Å². The average molecular weight is 306 g/mol. The lowest BCUT2D eigenvalue weighted by molar-refractivity contribution is 0.186. The SMILES string of the molecule is CC(C)C(CO)CNCCc1ccc(Br)s1. The summed E-state index contributed by atoms with van der Waals surface area (Å²) in [5.41, 5.74) is 0. The molecule has 0 saturated heterocycles. The third-order valence-corrected chi connectivity index (χ3v) is 4.44. The van der Waals surface area contributed by atoms with E-state index >= 15 is 0 Å². The van der Waals surface area contributed by atoms with Crippen LogP contribution in [0.4, 0.5) is 0 Å². The molecule has 1 atom stereocenters. The zero-order valence-corrected chi connectivity index (χ0v) is 12.3. The molecule has 0 fully saturated rings. The number of hydrogen-bond donors (Lipinski definition) is 2. The molecule has 0 saturated carbocycles. The predicted molar refractivity (Wildman–Crippen MR) is 74.0 cm³/mol. The van der Waals surface area contributed by atoms with Gasteiger partial charge in [-0.3, -0.25) is 0 Å². The van der Waals surface area contributed by atoms with Crippen LogP contribution in [0.25, 0.3) is 0 Å². The summed E-state index contributed by atoms with van der Waals surface area (Å²) < 4.78 is 1.19. The van der Waals surface area contributed by atoms with Gasteiger partial charge in [0.1, 0.15) is 0 Å². The molecule has 0 spiro atoms. The summed E-state index contributed by atoms with van der Waals surface area (Å²) >= 11 is 5.25. The number of hydrogen-bond acceptors (Lipinski definition) is 3. The highest BCUT2D eigenvalue weighted by molar-refractivity contribution is 9.11. The molecular weight excluding hydrogens is 286 g/mol. The molecule has 0 aliphatic carbocycles. The molecule has 0 radical (unpaired) electrons. The van der Waals surface area contributed by atoms with Gasteiger partial charge in [0.05, 0.1) is 3.79 Å². The van der Waals surface area contributed by atoms with Crippen molar-refractivity contribution in [2.24, 2.45) is 11.8 Å². The van der Waals surface area contributed by atoms with Gasteiger partial charge in [-0.2, -0.15) is 0 Å². The summed E-state index contributed by atoms with van der Waals surface area (Å²) in [5.74, 6) is 0.906. The minimum absolute atomic E-state index is 0.273. The second-order valence-corrected chi connectivity index (χ2v) is 6.89. The second-order valence-electron chi connectivity index (χ2n) is 4.35. The van der Waals surface area contributed by atoms with Gasteiger partial charge in [-0.05, 0) is 52.9 Å². The van der Waals surface area contributed by atoms with Crippen molar-refractivity contribution >= 4 is 27.3 Å². The van der Waals surface area contributed by atoms with E-state index in [0.29, 0.717) is 11.8 Å². The molecule has 1 heterocycles. The quantitative estimate of drug-likeness (QED) is 0.759. The Balaban J connectivity index is 2.16. The van der Waals surface area contributed by atoms with Crippen molar-refractivity contribution in [3.05, 3.63) is 20.8 Å². The minimum Gasteiger partial charge on any atom is -0.396 e. The first-order chi connectivity index (χ1) is 7.63. The van der Waals surface area contributed by atoms with Crippen LogP contribution in [0.15, 0.2) is 15.9 Å². The van der Waals surface area contributed by atoms with E-state index in [2.05, 4.69) is 47.2 Å². The molecule has 0 amide bonds. The molecule has 1 unspecified atom stereocenters. The first-order valence-corrected chi connectivity index (χ1v) is 7.30. The summed E-state index contributed by atoms with van der Waals surface area (Å²) in [6.07, 6.45) is 1.06. The number of thiophene rings is 1. The summed E-state index contributed by atoms with van der Waals surface area (Å²) in [6.45, 7) is 6.46. The van der Waals surface area contributed by atoms with E-state index in [1.165, 1.54) is 8.66 Å². The van der Waals surface area contributed by atoms with Crippen LogP contribution in [0.1, 0.15) is 18.7 Å². The maximum atomic E-state index is 9.17. The highest BCUT2D eigenvalue weighted by Crippen LogP contribution is 2.22. The summed E-state index contributed by atoms with van der Waals surface area (Å²) in [6, 6.07) is 4.24. The van der Waals surface area contributed by atoms with Gasteiger partial charge in [0.15, 0.2) is 0 Å². The van der Waals surface area contributed by atoms with Gasteiger partial charge in [0.2, 0.25) is 0 Å². The van der Waals surface area contributed by atoms with E-state index in [-0.39, 0.29) is 6.61 Å². The molecule has 0 aliphatic rings. The van der Waals surface area contributed by atoms with Crippen LogP contribution in [0, 0.1) is 11.8 Å². The maximum absolute atomic E-state index is 9.17. The number of nitrogens with one attached hydrogen (secondary N) is 1. The number of aliphatic hydroxyl groups is 1. The Labute approximate surface area is 110 Å². The Kier molecular flexibility index (Phi) is 6.58. The monoisotopic (exact) mass is 305 g/mol. The first-order valence-electron chi connectivity index (χ1n) is 5.69. The van der Waals surface area contributed by atoms with E-state index in [1.807, 2.05) is 0 Å². The van der Waals surface area contributed by atoms with Gasteiger partial charge in [-0.15, -0.1) is 11.3 Å². The van der Waals surface area contributed by atoms with E-state index < -0.39 is 0 Å². The fraction of sp³-hybridized carbons (Fsp3) is 0.667.